The Balaban J connectivity index is 1.64. The number of benzene rings is 1. The highest BCUT2D eigenvalue weighted by atomic mass is 16.5. The van der Waals surface area contributed by atoms with Gasteiger partial charge in [0.05, 0.1) is 5.92 Å². The van der Waals surface area contributed by atoms with Crippen LogP contribution < -0.4 is 4.74 Å². The van der Waals surface area contributed by atoms with Crippen LogP contribution in [0.2, 0.25) is 0 Å². The van der Waals surface area contributed by atoms with Crippen LogP contribution in [0.15, 0.2) is 28.7 Å². The van der Waals surface area contributed by atoms with Gasteiger partial charge in [-0.15, -0.1) is 10.2 Å². The first-order valence-corrected chi connectivity index (χ1v) is 8.49. The predicted molar refractivity (Wildman–Crippen MR) is 94.8 cm³/mol. The van der Waals surface area contributed by atoms with Crippen molar-refractivity contribution in [2.75, 3.05) is 20.2 Å². The number of piperidine rings is 1. The van der Waals surface area contributed by atoms with Crippen LogP contribution in [-0.4, -0.2) is 41.3 Å². The van der Waals surface area contributed by atoms with Crippen molar-refractivity contribution < 1.29 is 9.15 Å². The molecule has 25 heavy (non-hydrogen) atoms. The summed E-state index contributed by atoms with van der Waals surface area (Å²) in [6, 6.07) is 9.84. The molecule has 0 bridgehead atoms. The number of nitrogens with zero attached hydrogens (tertiary/aromatic N) is 4. The number of ether oxygens (including phenoxy) is 1. The first kappa shape index (κ1) is 17.2. The Hall–Kier alpha value is -2.65. The molecule has 1 aromatic heterocycles. The molecule has 0 amide bonds. The fourth-order valence-electron chi connectivity index (χ4n) is 3.06. The molecule has 0 N–H and O–H groups in total. The molecule has 1 saturated heterocycles. The van der Waals surface area contributed by atoms with Gasteiger partial charge >= 0.3 is 0 Å². The molecule has 2 atom stereocenters. The molecule has 2 heterocycles. The molecular weight excluding hydrogens is 316 g/mol. The minimum absolute atomic E-state index is 0.0503. The first-order chi connectivity index (χ1) is 12.2. The zero-order valence-corrected chi connectivity index (χ0v) is 14.6. The van der Waals surface area contributed by atoms with E-state index in [2.05, 4.69) is 29.1 Å². The normalized spacial score (nSPS) is 21.3. The van der Waals surface area contributed by atoms with E-state index in [4.69, 9.17) is 14.4 Å². The molecule has 0 spiro atoms. The van der Waals surface area contributed by atoms with Crippen molar-refractivity contribution in [2.24, 2.45) is 0 Å². The van der Waals surface area contributed by atoms with Gasteiger partial charge in [-0.1, -0.05) is 12.1 Å². The van der Waals surface area contributed by atoms with Gasteiger partial charge in [0.1, 0.15) is 11.8 Å². The maximum absolute atomic E-state index is 8.51. The van der Waals surface area contributed by atoms with Crippen LogP contribution >= 0.6 is 0 Å². The Labute approximate surface area is 147 Å². The lowest BCUT2D eigenvalue weighted by molar-refractivity contribution is 0.158. The quantitative estimate of drug-likeness (QED) is 0.832. The molecule has 3 rings (SSSR count). The maximum Gasteiger partial charge on any atom is 0.240 e. The van der Waals surface area contributed by atoms with E-state index >= 15 is 0 Å². The highest BCUT2D eigenvalue weighted by Crippen LogP contribution is 2.31. The summed E-state index contributed by atoms with van der Waals surface area (Å²) in [5.41, 5.74) is 0.995. The number of likely N-dealkylation sites (tertiary alicyclic amines) is 1. The molecule has 1 aromatic carbocycles. The van der Waals surface area contributed by atoms with Crippen molar-refractivity contribution in [1.82, 2.24) is 15.1 Å². The molecule has 6 heteroatoms. The Bertz CT molecular complexity index is 760. The van der Waals surface area contributed by atoms with Crippen molar-refractivity contribution in [3.63, 3.8) is 0 Å². The van der Waals surface area contributed by atoms with Crippen LogP contribution in [0.25, 0.3) is 12.2 Å². The molecule has 1 fully saturated rings. The summed E-state index contributed by atoms with van der Waals surface area (Å²) in [6.45, 7) is 3.38. The van der Waals surface area contributed by atoms with Gasteiger partial charge in [-0.3, -0.25) is 0 Å². The summed E-state index contributed by atoms with van der Waals surface area (Å²) in [4.78, 5) is 2.34. The van der Waals surface area contributed by atoms with Gasteiger partial charge in [-0.05, 0) is 57.1 Å². The summed E-state index contributed by atoms with van der Waals surface area (Å²) >= 11 is 0. The second-order valence-electron chi connectivity index (χ2n) is 6.30. The van der Waals surface area contributed by atoms with Crippen LogP contribution in [-0.2, 0) is 0 Å². The molecule has 2 aromatic rings. The molecule has 6 nitrogen and oxygen atoms in total. The van der Waals surface area contributed by atoms with Crippen LogP contribution in [0.1, 0.15) is 43.0 Å². The third-order valence-corrected chi connectivity index (χ3v) is 4.68. The number of hydrogen-bond donors (Lipinski definition) is 0. The number of likely N-dealkylation sites (N-methyl/N-ethyl adjacent to an activating group) is 1. The van der Waals surface area contributed by atoms with Crippen LogP contribution in [0.3, 0.4) is 0 Å². The molecule has 0 radical (unpaired) electrons. The van der Waals surface area contributed by atoms with Gasteiger partial charge in [0.15, 0.2) is 6.61 Å². The maximum atomic E-state index is 8.51. The first-order valence-electron chi connectivity index (χ1n) is 8.49. The van der Waals surface area contributed by atoms with Crippen molar-refractivity contribution >= 4 is 12.2 Å². The minimum Gasteiger partial charge on any atom is -0.479 e. The third-order valence-electron chi connectivity index (χ3n) is 4.68. The Kier molecular flexibility index (Phi) is 5.46. The molecule has 130 valence electrons. The summed E-state index contributed by atoms with van der Waals surface area (Å²) in [6.07, 6.45) is 5.97. The fourth-order valence-corrected chi connectivity index (χ4v) is 3.06. The highest BCUT2D eigenvalue weighted by molar-refractivity contribution is 5.66. The van der Waals surface area contributed by atoms with E-state index in [1.807, 2.05) is 42.5 Å². The standard InChI is InChI=1S/C19H22N4O2/c1-14-17(4-3-12-23(14)2)19-22-21-18(25-19)10-7-15-5-8-16(9-6-15)24-13-11-20/h5-10,14,17H,3-4,12-13H2,1-2H3/b10-7+/t14-,17-/m0/s1. The van der Waals surface area contributed by atoms with Crippen LogP contribution in [0, 0.1) is 11.3 Å². The molecule has 1 aliphatic heterocycles. The summed E-state index contributed by atoms with van der Waals surface area (Å²) in [5, 5.41) is 16.9. The minimum atomic E-state index is 0.0503. The number of nitriles is 1. The summed E-state index contributed by atoms with van der Waals surface area (Å²) in [7, 11) is 2.14. The van der Waals surface area contributed by atoms with Crippen molar-refractivity contribution in [3.8, 4) is 11.8 Å². The third kappa shape index (κ3) is 4.25. The average molecular weight is 338 g/mol. The van der Waals surface area contributed by atoms with E-state index in [0.29, 0.717) is 23.6 Å². The van der Waals surface area contributed by atoms with Crippen molar-refractivity contribution in [2.45, 2.75) is 31.7 Å². The number of hydrogen-bond acceptors (Lipinski definition) is 6. The van der Waals surface area contributed by atoms with Gasteiger partial charge in [-0.25, -0.2) is 0 Å². The van der Waals surface area contributed by atoms with Gasteiger partial charge in [-0.2, -0.15) is 5.26 Å². The molecular formula is C19H22N4O2. The average Bonchev–Trinajstić information content (AvgIpc) is 3.10. The fraction of sp³-hybridized carbons (Fsp3) is 0.421. The van der Waals surface area contributed by atoms with Gasteiger partial charge < -0.3 is 14.1 Å². The van der Waals surface area contributed by atoms with E-state index in [0.717, 1.165) is 30.8 Å². The van der Waals surface area contributed by atoms with E-state index in [9.17, 15) is 0 Å². The van der Waals surface area contributed by atoms with Crippen LogP contribution in [0.5, 0.6) is 5.75 Å². The number of aromatic nitrogens is 2. The monoisotopic (exact) mass is 338 g/mol. The zero-order chi connectivity index (χ0) is 17.6. The van der Waals surface area contributed by atoms with Gasteiger partial charge in [0.25, 0.3) is 0 Å². The Morgan fingerprint density at radius 2 is 2.12 bits per heavy atom. The van der Waals surface area contributed by atoms with Crippen molar-refractivity contribution in [1.29, 1.82) is 5.26 Å². The van der Waals surface area contributed by atoms with E-state index in [1.54, 1.807) is 0 Å². The summed E-state index contributed by atoms with van der Waals surface area (Å²) in [5.74, 6) is 2.21. The highest BCUT2D eigenvalue weighted by Gasteiger charge is 2.30. The predicted octanol–water partition coefficient (Wildman–Crippen LogP) is 3.34. The topological polar surface area (TPSA) is 75.2 Å². The van der Waals surface area contributed by atoms with E-state index in [1.165, 1.54) is 0 Å². The van der Waals surface area contributed by atoms with Crippen LogP contribution in [0.4, 0.5) is 0 Å². The Morgan fingerprint density at radius 1 is 1.32 bits per heavy atom. The largest absolute Gasteiger partial charge is 0.479 e. The molecule has 1 aliphatic rings. The SMILES string of the molecule is C[C@H]1[C@@H](c2nnc(/C=C/c3ccc(OCC#N)cc3)o2)CCCN1C. The smallest absolute Gasteiger partial charge is 0.240 e. The molecule has 0 unspecified atom stereocenters. The lowest BCUT2D eigenvalue weighted by Crippen LogP contribution is -2.39. The molecule has 0 aliphatic carbocycles. The van der Waals surface area contributed by atoms with Gasteiger partial charge in [0, 0.05) is 12.1 Å². The Morgan fingerprint density at radius 3 is 2.88 bits per heavy atom. The van der Waals surface area contributed by atoms with E-state index < -0.39 is 0 Å². The second kappa shape index (κ2) is 7.95. The molecule has 0 saturated carbocycles. The van der Waals surface area contributed by atoms with Gasteiger partial charge in [0.2, 0.25) is 11.8 Å². The van der Waals surface area contributed by atoms with Crippen molar-refractivity contribution in [3.05, 3.63) is 41.6 Å². The lowest BCUT2D eigenvalue weighted by atomic mass is 9.91. The second-order valence-corrected chi connectivity index (χ2v) is 6.30. The lowest BCUT2D eigenvalue weighted by Gasteiger charge is -2.34. The summed E-state index contributed by atoms with van der Waals surface area (Å²) < 4.78 is 11.1. The van der Waals surface area contributed by atoms with E-state index in [-0.39, 0.29) is 6.61 Å². The number of rotatable bonds is 5. The zero-order valence-electron chi connectivity index (χ0n) is 14.6.